The molecule has 0 saturated heterocycles. The molecule has 122 valence electrons. The Bertz CT molecular complexity index is 714. The van der Waals surface area contributed by atoms with Crippen LogP contribution in [-0.4, -0.2) is 29.0 Å². The van der Waals surface area contributed by atoms with E-state index >= 15 is 0 Å². The molecule has 0 atom stereocenters. The topological polar surface area (TPSA) is 58.1 Å². The Hall–Kier alpha value is -1.95. The third kappa shape index (κ3) is 4.28. The van der Waals surface area contributed by atoms with Crippen LogP contribution in [0.4, 0.5) is 11.5 Å². The first-order valence-electron chi connectivity index (χ1n) is 7.62. The predicted molar refractivity (Wildman–Crippen MR) is 97.2 cm³/mol. The maximum absolute atomic E-state index is 12.5. The van der Waals surface area contributed by atoms with Crippen molar-refractivity contribution in [3.05, 3.63) is 45.8 Å². The van der Waals surface area contributed by atoms with E-state index < -0.39 is 0 Å². The lowest BCUT2D eigenvalue weighted by Gasteiger charge is -2.20. The number of halogens is 1. The number of anilines is 2. The second kappa shape index (κ2) is 7.55. The Balaban J connectivity index is 2.28. The first-order chi connectivity index (χ1) is 10.9. The molecule has 1 amide bonds. The highest BCUT2D eigenvalue weighted by molar-refractivity contribution is 9.10. The van der Waals surface area contributed by atoms with Gasteiger partial charge in [0.15, 0.2) is 0 Å². The summed E-state index contributed by atoms with van der Waals surface area (Å²) in [5.41, 5.74) is 2.21. The molecule has 6 heteroatoms. The Morgan fingerprint density at radius 3 is 2.48 bits per heavy atom. The Morgan fingerprint density at radius 1 is 1.17 bits per heavy atom. The highest BCUT2D eigenvalue weighted by Crippen LogP contribution is 2.24. The van der Waals surface area contributed by atoms with Gasteiger partial charge in [-0.3, -0.25) is 4.79 Å². The summed E-state index contributed by atoms with van der Waals surface area (Å²) in [4.78, 5) is 23.3. The van der Waals surface area contributed by atoms with E-state index in [1.807, 2.05) is 25.1 Å². The fourth-order valence-corrected chi connectivity index (χ4v) is 2.88. The van der Waals surface area contributed by atoms with Crippen LogP contribution in [0.1, 0.15) is 35.7 Å². The van der Waals surface area contributed by atoms with Crippen LogP contribution < -0.4 is 10.2 Å². The van der Waals surface area contributed by atoms with Crippen LogP contribution >= 0.6 is 15.9 Å². The van der Waals surface area contributed by atoms with E-state index in [1.165, 1.54) is 0 Å². The van der Waals surface area contributed by atoms with Crippen molar-refractivity contribution in [2.45, 2.75) is 27.7 Å². The van der Waals surface area contributed by atoms with E-state index in [0.29, 0.717) is 11.5 Å². The molecule has 0 fully saturated rings. The van der Waals surface area contributed by atoms with Crippen molar-refractivity contribution >= 4 is 33.3 Å². The smallest absolute Gasteiger partial charge is 0.274 e. The number of amides is 1. The molecular weight excluding hydrogens is 356 g/mol. The molecule has 1 N–H and O–H groups in total. The summed E-state index contributed by atoms with van der Waals surface area (Å²) in [5.74, 6) is 1.12. The van der Waals surface area contributed by atoms with Crippen LogP contribution in [0, 0.1) is 13.8 Å². The van der Waals surface area contributed by atoms with E-state index in [2.05, 4.69) is 50.0 Å². The molecule has 0 bridgehead atoms. The molecular formula is C17H21BrN4O. The molecule has 2 rings (SSSR count). The quantitative estimate of drug-likeness (QED) is 0.857. The van der Waals surface area contributed by atoms with Gasteiger partial charge in [-0.15, -0.1) is 0 Å². The fraction of sp³-hybridized carbons (Fsp3) is 0.353. The number of nitrogens with one attached hydrogen (secondary N) is 1. The summed E-state index contributed by atoms with van der Waals surface area (Å²) < 4.78 is 0.848. The Kier molecular flexibility index (Phi) is 5.71. The minimum Gasteiger partial charge on any atom is -0.357 e. The van der Waals surface area contributed by atoms with Gasteiger partial charge in [0.1, 0.15) is 17.3 Å². The fourth-order valence-electron chi connectivity index (χ4n) is 2.29. The maximum Gasteiger partial charge on any atom is 0.274 e. The Labute approximate surface area is 145 Å². The zero-order valence-electron chi connectivity index (χ0n) is 13.9. The summed E-state index contributed by atoms with van der Waals surface area (Å²) in [6.07, 6.45) is 0. The van der Waals surface area contributed by atoms with Crippen LogP contribution in [0.2, 0.25) is 0 Å². The van der Waals surface area contributed by atoms with Crippen LogP contribution in [0.25, 0.3) is 0 Å². The average molecular weight is 377 g/mol. The van der Waals surface area contributed by atoms with Crippen LogP contribution in [0.3, 0.4) is 0 Å². The monoisotopic (exact) mass is 376 g/mol. The molecule has 0 aliphatic rings. The molecule has 0 aliphatic heterocycles. The highest BCUT2D eigenvalue weighted by atomic mass is 79.9. The predicted octanol–water partition coefficient (Wildman–Crippen LogP) is 3.95. The molecule has 0 spiro atoms. The van der Waals surface area contributed by atoms with Crippen molar-refractivity contribution in [2.24, 2.45) is 0 Å². The molecule has 1 aromatic carbocycles. The SMILES string of the molecule is CCN(CC)c1cc(C(=O)Nc2ccc(C)cc2Br)nc(C)n1. The zero-order valence-corrected chi connectivity index (χ0v) is 15.4. The summed E-state index contributed by atoms with van der Waals surface area (Å²) >= 11 is 3.47. The van der Waals surface area contributed by atoms with Gasteiger partial charge in [0.2, 0.25) is 0 Å². The standard InChI is InChI=1S/C17H21BrN4O/c1-5-22(6-2)16-10-15(19-12(4)20-16)17(23)21-14-8-7-11(3)9-13(14)18/h7-10H,5-6H2,1-4H3,(H,21,23). The number of rotatable bonds is 5. The van der Waals surface area contributed by atoms with Gasteiger partial charge < -0.3 is 10.2 Å². The van der Waals surface area contributed by atoms with Crippen molar-refractivity contribution in [3.8, 4) is 0 Å². The molecule has 2 aromatic rings. The molecule has 1 aromatic heterocycles. The lowest BCUT2D eigenvalue weighted by Crippen LogP contribution is -2.25. The van der Waals surface area contributed by atoms with Crippen molar-refractivity contribution in [3.63, 3.8) is 0 Å². The summed E-state index contributed by atoms with van der Waals surface area (Å²) in [6.45, 7) is 9.58. The van der Waals surface area contributed by atoms with Gasteiger partial charge in [0.05, 0.1) is 5.69 Å². The van der Waals surface area contributed by atoms with Gasteiger partial charge in [0, 0.05) is 23.6 Å². The second-order valence-corrected chi connectivity index (χ2v) is 6.12. The molecule has 23 heavy (non-hydrogen) atoms. The van der Waals surface area contributed by atoms with Gasteiger partial charge in [-0.25, -0.2) is 9.97 Å². The number of aryl methyl sites for hydroxylation is 2. The number of carbonyl (C=O) groups is 1. The third-order valence-corrected chi connectivity index (χ3v) is 4.17. The van der Waals surface area contributed by atoms with Crippen molar-refractivity contribution in [1.82, 2.24) is 9.97 Å². The lowest BCUT2D eigenvalue weighted by molar-refractivity contribution is 0.102. The third-order valence-electron chi connectivity index (χ3n) is 3.52. The van der Waals surface area contributed by atoms with Crippen molar-refractivity contribution < 1.29 is 4.79 Å². The molecule has 0 unspecified atom stereocenters. The minimum absolute atomic E-state index is 0.242. The van der Waals surface area contributed by atoms with E-state index in [0.717, 1.165) is 34.6 Å². The molecule has 0 radical (unpaired) electrons. The zero-order chi connectivity index (χ0) is 17.0. The number of nitrogens with zero attached hydrogens (tertiary/aromatic N) is 3. The highest BCUT2D eigenvalue weighted by Gasteiger charge is 2.14. The minimum atomic E-state index is -0.242. The number of hydrogen-bond acceptors (Lipinski definition) is 4. The molecule has 5 nitrogen and oxygen atoms in total. The van der Waals surface area contributed by atoms with Gasteiger partial charge in [0.25, 0.3) is 5.91 Å². The maximum atomic E-state index is 12.5. The van der Waals surface area contributed by atoms with Gasteiger partial charge in [-0.2, -0.15) is 0 Å². The van der Waals surface area contributed by atoms with Crippen molar-refractivity contribution in [2.75, 3.05) is 23.3 Å². The van der Waals surface area contributed by atoms with E-state index in [9.17, 15) is 4.79 Å². The Morgan fingerprint density at radius 2 is 1.87 bits per heavy atom. The number of benzene rings is 1. The first-order valence-corrected chi connectivity index (χ1v) is 8.42. The first kappa shape index (κ1) is 17.4. The van der Waals surface area contributed by atoms with Gasteiger partial charge in [-0.1, -0.05) is 6.07 Å². The van der Waals surface area contributed by atoms with Crippen molar-refractivity contribution in [1.29, 1.82) is 0 Å². The number of aromatic nitrogens is 2. The average Bonchev–Trinajstić information content (AvgIpc) is 2.50. The van der Waals surface area contributed by atoms with E-state index in [1.54, 1.807) is 13.0 Å². The second-order valence-electron chi connectivity index (χ2n) is 5.27. The summed E-state index contributed by atoms with van der Waals surface area (Å²) in [7, 11) is 0. The summed E-state index contributed by atoms with van der Waals surface area (Å²) in [6, 6.07) is 7.52. The molecule has 0 aliphatic carbocycles. The summed E-state index contributed by atoms with van der Waals surface area (Å²) in [5, 5.41) is 2.89. The van der Waals surface area contributed by atoms with E-state index in [-0.39, 0.29) is 5.91 Å². The molecule has 1 heterocycles. The van der Waals surface area contributed by atoms with Crippen LogP contribution in [-0.2, 0) is 0 Å². The normalized spacial score (nSPS) is 10.5. The van der Waals surface area contributed by atoms with E-state index in [4.69, 9.17) is 0 Å². The lowest BCUT2D eigenvalue weighted by atomic mass is 10.2. The molecule has 0 saturated carbocycles. The number of carbonyl (C=O) groups excluding carboxylic acids is 1. The largest absolute Gasteiger partial charge is 0.357 e. The van der Waals surface area contributed by atoms with Gasteiger partial charge >= 0.3 is 0 Å². The van der Waals surface area contributed by atoms with Crippen LogP contribution in [0.5, 0.6) is 0 Å². The van der Waals surface area contributed by atoms with Gasteiger partial charge in [-0.05, 0) is 61.3 Å². The number of hydrogen-bond donors (Lipinski definition) is 1. The van der Waals surface area contributed by atoms with Crippen LogP contribution in [0.15, 0.2) is 28.7 Å².